The molecule has 1 aliphatic rings. The first-order valence-electron chi connectivity index (χ1n) is 9.06. The molecule has 1 unspecified atom stereocenters. The summed E-state index contributed by atoms with van der Waals surface area (Å²) in [6.45, 7) is 3.66. The minimum absolute atomic E-state index is 0.0343. The Morgan fingerprint density at radius 3 is 2.36 bits per heavy atom. The van der Waals surface area contributed by atoms with Crippen molar-refractivity contribution in [1.29, 1.82) is 0 Å². The van der Waals surface area contributed by atoms with Gasteiger partial charge in [-0.25, -0.2) is 0 Å². The number of morpholine rings is 1. The van der Waals surface area contributed by atoms with Gasteiger partial charge in [-0.05, 0) is 49.4 Å². The van der Waals surface area contributed by atoms with E-state index in [0.29, 0.717) is 48.0 Å². The number of ether oxygens (including phenoxy) is 3. The number of nitrogens with one attached hydrogen (secondary N) is 1. The zero-order valence-corrected chi connectivity index (χ0v) is 16.2. The monoisotopic (exact) mass is 384 g/mol. The molecule has 0 spiro atoms. The van der Waals surface area contributed by atoms with E-state index in [1.54, 1.807) is 47.4 Å². The number of methoxy groups -OCH3 is 2. The number of anilines is 1. The lowest BCUT2D eigenvalue weighted by Crippen LogP contribution is -2.44. The van der Waals surface area contributed by atoms with E-state index in [2.05, 4.69) is 5.32 Å². The lowest BCUT2D eigenvalue weighted by Gasteiger charge is -2.31. The average molecular weight is 384 g/mol. The third-order valence-electron chi connectivity index (χ3n) is 4.56. The lowest BCUT2D eigenvalue weighted by molar-refractivity contribution is -0.0124. The van der Waals surface area contributed by atoms with Crippen LogP contribution < -0.4 is 14.8 Å². The van der Waals surface area contributed by atoms with Gasteiger partial charge in [0.15, 0.2) is 11.5 Å². The van der Waals surface area contributed by atoms with Crippen molar-refractivity contribution in [2.24, 2.45) is 0 Å². The van der Waals surface area contributed by atoms with Gasteiger partial charge in [0.25, 0.3) is 11.8 Å². The van der Waals surface area contributed by atoms with Crippen LogP contribution in [0.25, 0.3) is 0 Å². The van der Waals surface area contributed by atoms with Crippen molar-refractivity contribution in [2.75, 3.05) is 39.2 Å². The van der Waals surface area contributed by atoms with Gasteiger partial charge < -0.3 is 24.4 Å². The molecular formula is C21H24N2O5. The van der Waals surface area contributed by atoms with E-state index < -0.39 is 0 Å². The van der Waals surface area contributed by atoms with Gasteiger partial charge in [-0.1, -0.05) is 0 Å². The number of amides is 2. The molecule has 1 atom stereocenters. The molecule has 2 aromatic carbocycles. The molecule has 0 bridgehead atoms. The SMILES string of the molecule is COc1ccc(C(=O)Nc2ccc(C(=O)N3CCOC(C)C3)cc2)cc1OC. The van der Waals surface area contributed by atoms with Crippen LogP contribution in [-0.4, -0.2) is 56.7 Å². The quantitative estimate of drug-likeness (QED) is 0.858. The maximum Gasteiger partial charge on any atom is 0.255 e. The molecule has 7 nitrogen and oxygen atoms in total. The fourth-order valence-corrected chi connectivity index (χ4v) is 3.06. The number of hydrogen-bond donors (Lipinski definition) is 1. The van der Waals surface area contributed by atoms with E-state index in [1.807, 2.05) is 6.92 Å². The Morgan fingerprint density at radius 1 is 1.04 bits per heavy atom. The predicted octanol–water partition coefficient (Wildman–Crippen LogP) is 2.82. The summed E-state index contributed by atoms with van der Waals surface area (Å²) in [5.74, 6) is 0.727. The summed E-state index contributed by atoms with van der Waals surface area (Å²) in [5, 5.41) is 2.82. The highest BCUT2D eigenvalue weighted by molar-refractivity contribution is 6.05. The van der Waals surface area contributed by atoms with Crippen molar-refractivity contribution >= 4 is 17.5 Å². The molecular weight excluding hydrogens is 360 g/mol. The van der Waals surface area contributed by atoms with Gasteiger partial charge in [-0.3, -0.25) is 9.59 Å². The molecule has 1 N–H and O–H groups in total. The third kappa shape index (κ3) is 4.43. The molecule has 28 heavy (non-hydrogen) atoms. The summed E-state index contributed by atoms with van der Waals surface area (Å²) in [5.41, 5.74) is 1.63. The van der Waals surface area contributed by atoms with Crippen LogP contribution >= 0.6 is 0 Å². The summed E-state index contributed by atoms with van der Waals surface area (Å²) in [4.78, 5) is 26.9. The first kappa shape index (κ1) is 19.7. The zero-order valence-electron chi connectivity index (χ0n) is 16.2. The highest BCUT2D eigenvalue weighted by Gasteiger charge is 2.22. The van der Waals surface area contributed by atoms with E-state index in [0.717, 1.165) is 0 Å². The van der Waals surface area contributed by atoms with Gasteiger partial charge in [0.2, 0.25) is 0 Å². The van der Waals surface area contributed by atoms with E-state index in [-0.39, 0.29) is 17.9 Å². The molecule has 0 aliphatic carbocycles. The van der Waals surface area contributed by atoms with Crippen molar-refractivity contribution in [1.82, 2.24) is 4.90 Å². The highest BCUT2D eigenvalue weighted by Crippen LogP contribution is 2.28. The van der Waals surface area contributed by atoms with Crippen LogP contribution in [-0.2, 0) is 4.74 Å². The van der Waals surface area contributed by atoms with Crippen LogP contribution in [0.2, 0.25) is 0 Å². The number of nitrogens with zero attached hydrogens (tertiary/aromatic N) is 1. The summed E-state index contributed by atoms with van der Waals surface area (Å²) in [6, 6.07) is 11.8. The minimum Gasteiger partial charge on any atom is -0.493 e. The summed E-state index contributed by atoms with van der Waals surface area (Å²) in [6.07, 6.45) is 0.0396. The molecule has 1 saturated heterocycles. The summed E-state index contributed by atoms with van der Waals surface area (Å²) < 4.78 is 15.9. The van der Waals surface area contributed by atoms with E-state index >= 15 is 0 Å². The normalized spacial score (nSPS) is 16.4. The molecule has 1 heterocycles. The Hall–Kier alpha value is -3.06. The molecule has 2 amide bonds. The molecule has 2 aromatic rings. The zero-order chi connectivity index (χ0) is 20.1. The first-order valence-corrected chi connectivity index (χ1v) is 9.06. The van der Waals surface area contributed by atoms with Crippen molar-refractivity contribution in [3.63, 3.8) is 0 Å². The Morgan fingerprint density at radius 2 is 1.71 bits per heavy atom. The van der Waals surface area contributed by atoms with Crippen molar-refractivity contribution < 1.29 is 23.8 Å². The maximum absolute atomic E-state index is 12.6. The van der Waals surface area contributed by atoms with E-state index in [9.17, 15) is 9.59 Å². The molecule has 0 radical (unpaired) electrons. The van der Waals surface area contributed by atoms with Gasteiger partial charge in [0.1, 0.15) is 0 Å². The fraction of sp³-hybridized carbons (Fsp3) is 0.333. The Bertz CT molecular complexity index is 850. The molecule has 7 heteroatoms. The Labute approximate surface area is 164 Å². The number of carbonyl (C=O) groups excluding carboxylic acids is 2. The van der Waals surface area contributed by atoms with Crippen LogP contribution in [0.1, 0.15) is 27.6 Å². The smallest absolute Gasteiger partial charge is 0.255 e. The first-order chi connectivity index (χ1) is 13.5. The second-order valence-electron chi connectivity index (χ2n) is 6.53. The summed E-state index contributed by atoms with van der Waals surface area (Å²) >= 11 is 0. The number of hydrogen-bond acceptors (Lipinski definition) is 5. The topological polar surface area (TPSA) is 77.1 Å². The number of carbonyl (C=O) groups is 2. The van der Waals surface area contributed by atoms with Gasteiger partial charge in [0, 0.05) is 29.9 Å². The van der Waals surface area contributed by atoms with Gasteiger partial charge in [-0.15, -0.1) is 0 Å². The molecule has 3 rings (SSSR count). The van der Waals surface area contributed by atoms with Gasteiger partial charge in [0.05, 0.1) is 26.9 Å². The largest absolute Gasteiger partial charge is 0.493 e. The van der Waals surface area contributed by atoms with Crippen molar-refractivity contribution in [2.45, 2.75) is 13.0 Å². The second-order valence-corrected chi connectivity index (χ2v) is 6.53. The predicted molar refractivity (Wildman–Crippen MR) is 105 cm³/mol. The number of benzene rings is 2. The van der Waals surface area contributed by atoms with E-state index in [4.69, 9.17) is 14.2 Å². The molecule has 1 fully saturated rings. The lowest BCUT2D eigenvalue weighted by atomic mass is 10.1. The van der Waals surface area contributed by atoms with Crippen molar-refractivity contribution in [3.05, 3.63) is 53.6 Å². The number of rotatable bonds is 5. The van der Waals surface area contributed by atoms with Crippen LogP contribution in [0.4, 0.5) is 5.69 Å². The fourth-order valence-electron chi connectivity index (χ4n) is 3.06. The molecule has 1 aliphatic heterocycles. The molecule has 148 valence electrons. The molecule has 0 saturated carbocycles. The third-order valence-corrected chi connectivity index (χ3v) is 4.56. The van der Waals surface area contributed by atoms with Gasteiger partial charge in [-0.2, -0.15) is 0 Å². The second kappa shape index (κ2) is 8.75. The highest BCUT2D eigenvalue weighted by atomic mass is 16.5. The molecule has 0 aromatic heterocycles. The standard InChI is InChI=1S/C21H24N2O5/c1-14-13-23(10-11-28-14)21(25)15-4-7-17(8-5-15)22-20(24)16-6-9-18(26-2)19(12-16)27-3/h4-9,12,14H,10-11,13H2,1-3H3,(H,22,24). The van der Waals surface area contributed by atoms with Crippen LogP contribution in [0, 0.1) is 0 Å². The minimum atomic E-state index is -0.276. The maximum atomic E-state index is 12.6. The van der Waals surface area contributed by atoms with Crippen molar-refractivity contribution in [3.8, 4) is 11.5 Å². The Kier molecular flexibility index (Phi) is 6.16. The van der Waals surface area contributed by atoms with Gasteiger partial charge >= 0.3 is 0 Å². The van der Waals surface area contributed by atoms with Crippen LogP contribution in [0.15, 0.2) is 42.5 Å². The Balaban J connectivity index is 1.67. The van der Waals surface area contributed by atoms with E-state index in [1.165, 1.54) is 14.2 Å². The summed E-state index contributed by atoms with van der Waals surface area (Å²) in [7, 11) is 3.06. The average Bonchev–Trinajstić information content (AvgIpc) is 2.73. The van der Waals surface area contributed by atoms with Crippen LogP contribution in [0.3, 0.4) is 0 Å². The van der Waals surface area contributed by atoms with Crippen LogP contribution in [0.5, 0.6) is 11.5 Å².